The third-order valence-electron chi connectivity index (χ3n) is 10.9. The zero-order chi connectivity index (χ0) is 51.1. The van der Waals surface area contributed by atoms with Gasteiger partial charge in [-0.05, 0) is 90.0 Å². The van der Waals surface area contributed by atoms with Gasteiger partial charge in [0.15, 0.2) is 0 Å². The lowest BCUT2D eigenvalue weighted by molar-refractivity contribution is -0.136. The first kappa shape index (κ1) is 58.3. The summed E-state index contributed by atoms with van der Waals surface area (Å²) in [6.07, 6.45) is -3.78. The van der Waals surface area contributed by atoms with Crippen LogP contribution in [-0.2, 0) is 49.6 Å². The molecule has 68 heavy (non-hydrogen) atoms. The van der Waals surface area contributed by atoms with Gasteiger partial charge in [-0.1, -0.05) is 44.2 Å². The molecule has 1 heterocycles. The lowest BCUT2D eigenvalue weighted by Gasteiger charge is -2.28. The Balaban J connectivity index is 2.74. The topological polar surface area (TPSA) is 432 Å². The standard InChI is InChI=1S/C43H74N14O11/c1-22(2)20-31-40(65)52-26(10-15-44)35(60)51-29(13-18-47)39(64)57-34(24(4)59)43(68)49-19-14-30(53-36(61)28(12-17-46)54-42(67)33(48)23(3)58)38(63)50-27(11-16-45)37(62)56-32(41(66)55-31)21-25-8-6-5-7-9-25/h5-9,22-24,26-34,58-59H,10-21,44-48H2,1-4H3,(H,49,68)(H,50,63)(H,51,60)(H,52,65)(H,53,61)(H,54,67)(H,55,66)(H,56,62)(H,57,64)/t23-,24-,26+,27+,28+,29+,30+,31+,32-,33+,34+/m1/s1. The Bertz CT molecular complexity index is 1840. The molecule has 0 spiro atoms. The fraction of sp³-hybridized carbons (Fsp3) is 0.651. The second-order valence-electron chi connectivity index (χ2n) is 17.1. The molecule has 0 bridgehead atoms. The summed E-state index contributed by atoms with van der Waals surface area (Å²) in [5.74, 6) is -8.14. The van der Waals surface area contributed by atoms with Crippen molar-refractivity contribution in [1.82, 2.24) is 47.9 Å². The van der Waals surface area contributed by atoms with E-state index in [-0.39, 0.29) is 77.0 Å². The highest BCUT2D eigenvalue weighted by molar-refractivity contribution is 5.98. The molecule has 9 amide bonds. The van der Waals surface area contributed by atoms with Gasteiger partial charge in [-0.25, -0.2) is 0 Å². The third-order valence-corrected chi connectivity index (χ3v) is 10.9. The molecule has 1 aliphatic rings. The first-order valence-electron chi connectivity index (χ1n) is 22.8. The monoisotopic (exact) mass is 963 g/mol. The van der Waals surface area contributed by atoms with E-state index in [4.69, 9.17) is 28.7 Å². The molecule has 0 radical (unpaired) electrons. The first-order chi connectivity index (χ1) is 32.2. The van der Waals surface area contributed by atoms with Gasteiger partial charge in [-0.2, -0.15) is 0 Å². The minimum absolute atomic E-state index is 0.0731. The van der Waals surface area contributed by atoms with E-state index in [9.17, 15) is 53.4 Å². The Labute approximate surface area is 396 Å². The summed E-state index contributed by atoms with van der Waals surface area (Å²) in [4.78, 5) is 124. The number of hydrogen-bond donors (Lipinski definition) is 16. The largest absolute Gasteiger partial charge is 0.391 e. The number of nitrogens with two attached hydrogens (primary N) is 5. The second kappa shape index (κ2) is 29.8. The predicted octanol–water partition coefficient (Wildman–Crippen LogP) is -6.84. The molecule has 0 aliphatic carbocycles. The number of carbonyl (C=O) groups is 9. The molecule has 25 nitrogen and oxygen atoms in total. The summed E-state index contributed by atoms with van der Waals surface area (Å²) in [6.45, 7) is 5.20. The third kappa shape index (κ3) is 19.4. The van der Waals surface area contributed by atoms with Crippen LogP contribution in [0, 0.1) is 5.92 Å². The highest BCUT2D eigenvalue weighted by atomic mass is 16.3. The van der Waals surface area contributed by atoms with Gasteiger partial charge in [0.05, 0.1) is 12.2 Å². The van der Waals surface area contributed by atoms with E-state index in [1.165, 1.54) is 13.8 Å². The highest BCUT2D eigenvalue weighted by Crippen LogP contribution is 2.11. The second-order valence-corrected chi connectivity index (χ2v) is 17.1. The summed E-state index contributed by atoms with van der Waals surface area (Å²) in [7, 11) is 0. The van der Waals surface area contributed by atoms with Gasteiger partial charge >= 0.3 is 0 Å². The molecule has 25 heteroatoms. The van der Waals surface area contributed by atoms with Crippen molar-refractivity contribution in [3.63, 3.8) is 0 Å². The van der Waals surface area contributed by atoms with Crippen LogP contribution in [0.5, 0.6) is 0 Å². The Morgan fingerprint density at radius 1 is 0.632 bits per heavy atom. The zero-order valence-electron chi connectivity index (χ0n) is 39.3. The summed E-state index contributed by atoms with van der Waals surface area (Å²) >= 11 is 0. The van der Waals surface area contributed by atoms with E-state index >= 15 is 0 Å². The van der Waals surface area contributed by atoms with Crippen LogP contribution in [0.1, 0.15) is 71.8 Å². The molecule has 1 aromatic rings. The molecule has 1 aromatic carbocycles. The van der Waals surface area contributed by atoms with Gasteiger partial charge in [0.2, 0.25) is 53.2 Å². The Kier molecular flexibility index (Phi) is 25.6. The summed E-state index contributed by atoms with van der Waals surface area (Å²) < 4.78 is 0. The van der Waals surface area contributed by atoms with Crippen LogP contribution in [0.15, 0.2) is 30.3 Å². The number of amides is 9. The van der Waals surface area contributed by atoms with Crippen molar-refractivity contribution in [2.24, 2.45) is 34.6 Å². The molecule has 0 unspecified atom stereocenters. The molecule has 2 rings (SSSR count). The van der Waals surface area contributed by atoms with Crippen molar-refractivity contribution in [3.8, 4) is 0 Å². The minimum atomic E-state index is -1.63. The number of hydrogen-bond acceptors (Lipinski definition) is 16. The van der Waals surface area contributed by atoms with Gasteiger partial charge < -0.3 is 86.7 Å². The maximum Gasteiger partial charge on any atom is 0.245 e. The van der Waals surface area contributed by atoms with Crippen LogP contribution in [0.25, 0.3) is 0 Å². The zero-order valence-corrected chi connectivity index (χ0v) is 39.3. The minimum Gasteiger partial charge on any atom is -0.391 e. The SMILES string of the molecule is CC(C)C[C@@H]1NC(=O)[C@@H](Cc2ccccc2)NC(=O)[C@H](CCN)NC(=O)[C@@H](NC(=O)[C@H](CCN)NC(=O)[C@@H](N)[C@@H](C)O)CCNC(=O)[C@H]([C@@H](C)O)NC(=O)[C@H](CCN)NC(=O)[C@H](CCN)NC1=O. The number of benzene rings is 1. The molecule has 21 N–H and O–H groups in total. The average Bonchev–Trinajstić information content (AvgIpc) is 3.28. The quantitative estimate of drug-likeness (QED) is 0.0650. The van der Waals surface area contributed by atoms with Crippen molar-refractivity contribution in [2.45, 2.75) is 139 Å². The first-order valence-corrected chi connectivity index (χ1v) is 22.8. The maximum atomic E-state index is 14.2. The van der Waals surface area contributed by atoms with Crippen LogP contribution in [-0.4, -0.2) is 163 Å². The van der Waals surface area contributed by atoms with E-state index in [0.717, 1.165) is 0 Å². The van der Waals surface area contributed by atoms with Crippen molar-refractivity contribution >= 4 is 53.2 Å². The van der Waals surface area contributed by atoms with Gasteiger partial charge in [0.25, 0.3) is 0 Å². The summed E-state index contributed by atoms with van der Waals surface area (Å²) in [5, 5.41) is 43.4. The Morgan fingerprint density at radius 3 is 1.59 bits per heavy atom. The van der Waals surface area contributed by atoms with E-state index in [2.05, 4.69) is 47.9 Å². The Hall–Kier alpha value is -5.83. The maximum absolute atomic E-state index is 14.2. The van der Waals surface area contributed by atoms with Crippen LogP contribution in [0.4, 0.5) is 0 Å². The van der Waals surface area contributed by atoms with Crippen molar-refractivity contribution in [1.29, 1.82) is 0 Å². The number of nitrogens with one attached hydrogen (secondary N) is 9. The lowest BCUT2D eigenvalue weighted by atomic mass is 10.00. The van der Waals surface area contributed by atoms with Crippen LogP contribution in [0.2, 0.25) is 0 Å². The van der Waals surface area contributed by atoms with Gasteiger partial charge in [0.1, 0.15) is 54.4 Å². The fourth-order valence-electron chi connectivity index (χ4n) is 7.00. The van der Waals surface area contributed by atoms with Gasteiger partial charge in [-0.15, -0.1) is 0 Å². The molecular formula is C43H74N14O11. The summed E-state index contributed by atoms with van der Waals surface area (Å²) in [5.41, 5.74) is 29.6. The molecule has 0 saturated carbocycles. The molecule has 11 atom stereocenters. The van der Waals surface area contributed by atoms with E-state index < -0.39 is 126 Å². The average molecular weight is 963 g/mol. The van der Waals surface area contributed by atoms with Crippen LogP contribution < -0.4 is 76.5 Å². The van der Waals surface area contributed by atoms with Crippen molar-refractivity contribution in [2.75, 3.05) is 32.7 Å². The smallest absolute Gasteiger partial charge is 0.245 e. The normalized spacial score (nSPS) is 24.9. The van der Waals surface area contributed by atoms with E-state index in [1.54, 1.807) is 44.2 Å². The highest BCUT2D eigenvalue weighted by Gasteiger charge is 2.36. The van der Waals surface area contributed by atoms with Crippen molar-refractivity contribution < 1.29 is 53.4 Å². The Morgan fingerprint density at radius 2 is 1.10 bits per heavy atom. The van der Waals surface area contributed by atoms with Crippen LogP contribution >= 0.6 is 0 Å². The molecule has 382 valence electrons. The molecule has 1 saturated heterocycles. The molecule has 1 fully saturated rings. The lowest BCUT2D eigenvalue weighted by Crippen LogP contribution is -2.61. The van der Waals surface area contributed by atoms with Gasteiger partial charge in [0, 0.05) is 13.0 Å². The molecule has 1 aliphatic heterocycles. The predicted molar refractivity (Wildman–Crippen MR) is 249 cm³/mol. The molecule has 0 aromatic heterocycles. The van der Waals surface area contributed by atoms with Gasteiger partial charge in [-0.3, -0.25) is 43.2 Å². The number of carbonyl (C=O) groups excluding carboxylic acids is 9. The summed E-state index contributed by atoms with van der Waals surface area (Å²) in [6, 6.07) is -4.14. The number of aliphatic hydroxyl groups excluding tert-OH is 2. The molecular weight excluding hydrogens is 889 g/mol. The fourth-order valence-corrected chi connectivity index (χ4v) is 7.00. The van der Waals surface area contributed by atoms with Crippen LogP contribution in [0.3, 0.4) is 0 Å². The number of rotatable bonds is 18. The van der Waals surface area contributed by atoms with Crippen molar-refractivity contribution in [3.05, 3.63) is 35.9 Å². The van der Waals surface area contributed by atoms with E-state index in [0.29, 0.717) is 5.56 Å². The van der Waals surface area contributed by atoms with E-state index in [1.807, 2.05) is 0 Å². The number of aliphatic hydroxyl groups is 2.